The first-order chi connectivity index (χ1) is 14.6. The Morgan fingerprint density at radius 3 is 2.80 bits per heavy atom. The monoisotopic (exact) mass is 419 g/mol. The molecule has 0 amide bonds. The molecule has 2 aromatic heterocycles. The van der Waals surface area contributed by atoms with Crippen LogP contribution in [0.2, 0.25) is 0 Å². The number of aryl methyl sites for hydroxylation is 1. The maximum Gasteiger partial charge on any atom is 0.336 e. The third kappa shape index (κ3) is 4.02. The number of rotatable bonds is 7. The molecule has 30 heavy (non-hydrogen) atoms. The number of nitrogens with one attached hydrogen (secondary N) is 1. The molecule has 0 saturated carbocycles. The Bertz CT molecular complexity index is 1220. The lowest BCUT2D eigenvalue weighted by Gasteiger charge is -2.09. The highest BCUT2D eigenvalue weighted by Crippen LogP contribution is 2.28. The molecule has 0 radical (unpaired) electrons. The van der Waals surface area contributed by atoms with Gasteiger partial charge in [0.25, 0.3) is 0 Å². The number of hydrogen-bond donors (Lipinski definition) is 2. The molecule has 4 rings (SSSR count). The van der Waals surface area contributed by atoms with Gasteiger partial charge in [-0.3, -0.25) is 0 Å². The lowest BCUT2D eigenvalue weighted by atomic mass is 10.1. The number of thioether (sulfide) groups is 1. The number of hydrogen-bond acceptors (Lipinski definition) is 6. The number of carboxylic acid groups (broad SMARTS) is 1. The molecule has 0 fully saturated rings. The van der Waals surface area contributed by atoms with Gasteiger partial charge in [-0.05, 0) is 37.8 Å². The third-order valence-corrected chi connectivity index (χ3v) is 5.75. The van der Waals surface area contributed by atoms with Crippen LogP contribution in [0.3, 0.4) is 0 Å². The first-order valence-corrected chi connectivity index (χ1v) is 10.7. The first kappa shape index (κ1) is 20.0. The van der Waals surface area contributed by atoms with Crippen LogP contribution in [-0.2, 0) is 6.42 Å². The maximum atomic E-state index is 11.3. The van der Waals surface area contributed by atoms with Crippen LogP contribution in [0.25, 0.3) is 22.2 Å². The highest BCUT2D eigenvalue weighted by molar-refractivity contribution is 7.98. The minimum Gasteiger partial charge on any atom is -0.478 e. The van der Waals surface area contributed by atoms with Crippen LogP contribution in [0.5, 0.6) is 0 Å². The van der Waals surface area contributed by atoms with E-state index in [1.165, 1.54) is 23.7 Å². The number of aromatic nitrogens is 2. The smallest absolute Gasteiger partial charge is 0.336 e. The summed E-state index contributed by atoms with van der Waals surface area (Å²) in [6, 6.07) is 15.2. The molecule has 0 aliphatic carbocycles. The number of benzene rings is 2. The van der Waals surface area contributed by atoms with Gasteiger partial charge in [0.1, 0.15) is 23.5 Å². The number of aromatic carboxylic acids is 1. The number of carbonyl (C=O) groups is 1. The van der Waals surface area contributed by atoms with Crippen molar-refractivity contribution in [3.8, 4) is 11.3 Å². The van der Waals surface area contributed by atoms with Crippen molar-refractivity contribution in [2.45, 2.75) is 18.2 Å². The van der Waals surface area contributed by atoms with Crippen LogP contribution in [0, 0.1) is 6.92 Å². The van der Waals surface area contributed by atoms with Gasteiger partial charge < -0.3 is 14.8 Å². The Labute approximate surface area is 178 Å². The molecule has 0 atom stereocenters. The summed E-state index contributed by atoms with van der Waals surface area (Å²) in [5.74, 6) is 0.723. The standard InChI is InChI=1S/C23H21N3O3S/c1-14-16(17-5-3-4-6-20(17)29-14)9-10-24-22-12-19(25-13-26-22)15-7-8-18(23(27)28)21(11-15)30-2/h3-8,11-13H,9-10H2,1-2H3,(H,27,28)(H,24,25,26). The zero-order valence-corrected chi connectivity index (χ0v) is 17.5. The van der Waals surface area contributed by atoms with E-state index in [9.17, 15) is 9.90 Å². The van der Waals surface area contributed by atoms with Crippen molar-refractivity contribution in [1.29, 1.82) is 0 Å². The highest BCUT2D eigenvalue weighted by Gasteiger charge is 2.13. The van der Waals surface area contributed by atoms with Crippen LogP contribution >= 0.6 is 11.8 Å². The van der Waals surface area contributed by atoms with Crippen LogP contribution in [0.4, 0.5) is 5.82 Å². The van der Waals surface area contributed by atoms with Gasteiger partial charge in [0.05, 0.1) is 11.3 Å². The van der Waals surface area contributed by atoms with E-state index in [0.29, 0.717) is 17.0 Å². The second-order valence-electron chi connectivity index (χ2n) is 6.82. The predicted octanol–water partition coefficient (Wildman–Crippen LogP) is 5.27. The van der Waals surface area contributed by atoms with Crippen molar-refractivity contribution in [2.75, 3.05) is 18.1 Å². The minimum atomic E-state index is -0.932. The van der Waals surface area contributed by atoms with Crippen molar-refractivity contribution in [3.05, 3.63) is 71.7 Å². The van der Waals surface area contributed by atoms with Gasteiger partial charge in [0, 0.05) is 34.0 Å². The number of carboxylic acids is 1. The predicted molar refractivity (Wildman–Crippen MR) is 119 cm³/mol. The van der Waals surface area contributed by atoms with Gasteiger partial charge in [0.2, 0.25) is 0 Å². The number of furan rings is 1. The largest absolute Gasteiger partial charge is 0.478 e. The molecule has 152 valence electrons. The second-order valence-corrected chi connectivity index (χ2v) is 7.67. The third-order valence-electron chi connectivity index (χ3n) is 4.98. The van der Waals surface area contributed by atoms with Gasteiger partial charge in [-0.1, -0.05) is 24.3 Å². The second kappa shape index (κ2) is 8.59. The molecule has 2 N–H and O–H groups in total. The van der Waals surface area contributed by atoms with Crippen molar-refractivity contribution in [2.24, 2.45) is 0 Å². The molecule has 2 aromatic carbocycles. The van der Waals surface area contributed by atoms with E-state index in [4.69, 9.17) is 4.42 Å². The summed E-state index contributed by atoms with van der Waals surface area (Å²) < 4.78 is 5.83. The zero-order valence-electron chi connectivity index (χ0n) is 16.7. The fraction of sp³-hybridized carbons (Fsp3) is 0.174. The van der Waals surface area contributed by atoms with Crippen molar-refractivity contribution < 1.29 is 14.3 Å². The summed E-state index contributed by atoms with van der Waals surface area (Å²) >= 11 is 1.40. The Morgan fingerprint density at radius 1 is 1.17 bits per heavy atom. The van der Waals surface area contributed by atoms with Crippen LogP contribution < -0.4 is 5.32 Å². The molecule has 0 bridgehead atoms. The lowest BCUT2D eigenvalue weighted by molar-refractivity contribution is 0.0693. The molecule has 7 heteroatoms. The van der Waals surface area contributed by atoms with E-state index in [-0.39, 0.29) is 0 Å². The lowest BCUT2D eigenvalue weighted by Crippen LogP contribution is -2.07. The molecule has 0 aliphatic rings. The normalized spacial score (nSPS) is 11.0. The van der Waals surface area contributed by atoms with Crippen LogP contribution in [0.1, 0.15) is 21.7 Å². The molecular weight excluding hydrogens is 398 g/mol. The molecule has 2 heterocycles. The van der Waals surface area contributed by atoms with E-state index >= 15 is 0 Å². The SMILES string of the molecule is CSc1cc(-c2cc(NCCc3c(C)oc4ccccc34)ncn2)ccc1C(=O)O. The number of para-hydroxylation sites is 1. The number of anilines is 1. The summed E-state index contributed by atoms with van der Waals surface area (Å²) in [4.78, 5) is 20.7. The zero-order chi connectivity index (χ0) is 21.1. The average Bonchev–Trinajstić information content (AvgIpc) is 3.08. The van der Waals surface area contributed by atoms with E-state index < -0.39 is 5.97 Å². The van der Waals surface area contributed by atoms with E-state index in [1.807, 2.05) is 43.5 Å². The summed E-state index contributed by atoms with van der Waals surface area (Å²) in [6.45, 7) is 2.69. The Kier molecular flexibility index (Phi) is 5.72. The maximum absolute atomic E-state index is 11.3. The van der Waals surface area contributed by atoms with Crippen molar-refractivity contribution in [3.63, 3.8) is 0 Å². The summed E-state index contributed by atoms with van der Waals surface area (Å²) in [5.41, 5.74) is 3.99. The Morgan fingerprint density at radius 2 is 2.00 bits per heavy atom. The van der Waals surface area contributed by atoms with Gasteiger partial charge in [-0.15, -0.1) is 11.8 Å². The van der Waals surface area contributed by atoms with Crippen molar-refractivity contribution >= 4 is 34.5 Å². The van der Waals surface area contributed by atoms with Gasteiger partial charge >= 0.3 is 5.97 Å². The first-order valence-electron chi connectivity index (χ1n) is 9.51. The van der Waals surface area contributed by atoms with E-state index in [0.717, 1.165) is 40.2 Å². The molecule has 0 aliphatic heterocycles. The molecule has 4 aromatic rings. The van der Waals surface area contributed by atoms with E-state index in [2.05, 4.69) is 21.4 Å². The van der Waals surface area contributed by atoms with E-state index in [1.54, 1.807) is 12.1 Å². The topological polar surface area (TPSA) is 88.3 Å². The molecular formula is C23H21N3O3S. The average molecular weight is 420 g/mol. The molecule has 0 saturated heterocycles. The van der Waals surface area contributed by atoms with Gasteiger partial charge in [0.15, 0.2) is 0 Å². The summed E-state index contributed by atoms with van der Waals surface area (Å²) in [6.07, 6.45) is 4.19. The number of nitrogens with zero attached hydrogens (tertiary/aromatic N) is 2. The van der Waals surface area contributed by atoms with Crippen LogP contribution in [-0.4, -0.2) is 33.8 Å². The molecule has 0 spiro atoms. The fourth-order valence-corrected chi connectivity index (χ4v) is 4.11. The summed E-state index contributed by atoms with van der Waals surface area (Å²) in [5, 5.41) is 13.8. The number of fused-ring (bicyclic) bond motifs is 1. The Balaban J connectivity index is 1.50. The van der Waals surface area contributed by atoms with Crippen molar-refractivity contribution in [1.82, 2.24) is 9.97 Å². The quantitative estimate of drug-likeness (QED) is 0.394. The highest BCUT2D eigenvalue weighted by atomic mass is 32.2. The Hall–Kier alpha value is -3.32. The van der Waals surface area contributed by atoms with Gasteiger partial charge in [-0.25, -0.2) is 14.8 Å². The van der Waals surface area contributed by atoms with Gasteiger partial charge in [-0.2, -0.15) is 0 Å². The van der Waals surface area contributed by atoms with Crippen LogP contribution in [0.15, 0.2) is 64.2 Å². The minimum absolute atomic E-state index is 0.293. The summed E-state index contributed by atoms with van der Waals surface area (Å²) in [7, 11) is 0. The molecule has 0 unspecified atom stereocenters. The molecule has 6 nitrogen and oxygen atoms in total. The fourth-order valence-electron chi connectivity index (χ4n) is 3.49.